The van der Waals surface area contributed by atoms with Crippen LogP contribution in [0.5, 0.6) is 0 Å². The van der Waals surface area contributed by atoms with Crippen molar-refractivity contribution in [3.8, 4) is 0 Å². The van der Waals surface area contributed by atoms with Crippen LogP contribution in [0.4, 0.5) is 0 Å². The van der Waals surface area contributed by atoms with Crippen molar-refractivity contribution in [2.24, 2.45) is 5.92 Å². The molecular formula is C15H31N. The Hall–Kier alpha value is -0.980. The van der Waals surface area contributed by atoms with Crippen LogP contribution in [-0.2, 0) is 0 Å². The zero-order chi connectivity index (χ0) is 13.6. The summed E-state index contributed by atoms with van der Waals surface area (Å²) in [7, 11) is 1.89. The molecule has 1 atom stereocenters. The van der Waals surface area contributed by atoms with Crippen molar-refractivity contribution in [1.82, 2.24) is 5.32 Å². The van der Waals surface area contributed by atoms with Crippen molar-refractivity contribution in [3.05, 3.63) is 36.6 Å². The molecular weight excluding hydrogens is 194 g/mol. The SMILES string of the molecule is C=C/C=C(\C(=C)NC)C(C)CC.CC.CC. The van der Waals surface area contributed by atoms with Crippen molar-refractivity contribution in [1.29, 1.82) is 0 Å². The summed E-state index contributed by atoms with van der Waals surface area (Å²) in [6, 6.07) is 0. The number of allylic oxidation sites excluding steroid dienone is 3. The normalized spacial score (nSPS) is 11.1. The zero-order valence-electron chi connectivity index (χ0n) is 12.4. The van der Waals surface area contributed by atoms with Crippen LogP contribution in [0.2, 0.25) is 0 Å². The van der Waals surface area contributed by atoms with Gasteiger partial charge in [0, 0.05) is 12.7 Å². The van der Waals surface area contributed by atoms with E-state index >= 15 is 0 Å². The van der Waals surface area contributed by atoms with Gasteiger partial charge in [-0.05, 0) is 17.9 Å². The molecule has 0 aromatic heterocycles. The highest BCUT2D eigenvalue weighted by molar-refractivity contribution is 5.31. The minimum absolute atomic E-state index is 0.544. The lowest BCUT2D eigenvalue weighted by Crippen LogP contribution is -2.11. The predicted octanol–water partition coefficient (Wildman–Crippen LogP) is 4.93. The Morgan fingerprint density at radius 3 is 1.94 bits per heavy atom. The van der Waals surface area contributed by atoms with Gasteiger partial charge in [-0.1, -0.05) is 66.9 Å². The standard InChI is InChI=1S/C11H19N.2C2H6/c1-6-8-11(9(3)7-2)10(4)12-5;2*1-2/h6,8-9,12H,1,4,7H2,2-3,5H3;2*1-2H3/b11-8-;;. The van der Waals surface area contributed by atoms with Gasteiger partial charge in [0.05, 0.1) is 0 Å². The number of nitrogens with one attached hydrogen (secondary N) is 1. The van der Waals surface area contributed by atoms with E-state index in [4.69, 9.17) is 0 Å². The fraction of sp³-hybridized carbons (Fsp3) is 0.600. The molecule has 96 valence electrons. The quantitative estimate of drug-likeness (QED) is 0.654. The second-order valence-electron chi connectivity index (χ2n) is 2.90. The van der Waals surface area contributed by atoms with Gasteiger partial charge in [0.15, 0.2) is 0 Å². The van der Waals surface area contributed by atoms with Crippen LogP contribution in [0.1, 0.15) is 48.0 Å². The van der Waals surface area contributed by atoms with Gasteiger partial charge in [0.25, 0.3) is 0 Å². The molecule has 0 aliphatic heterocycles. The van der Waals surface area contributed by atoms with E-state index < -0.39 is 0 Å². The Morgan fingerprint density at radius 2 is 1.69 bits per heavy atom. The molecule has 0 aromatic rings. The summed E-state index contributed by atoms with van der Waals surface area (Å²) in [6.07, 6.45) is 4.96. The summed E-state index contributed by atoms with van der Waals surface area (Å²) in [5.41, 5.74) is 2.24. The highest BCUT2D eigenvalue weighted by Crippen LogP contribution is 2.19. The molecule has 16 heavy (non-hydrogen) atoms. The summed E-state index contributed by atoms with van der Waals surface area (Å²) in [4.78, 5) is 0. The Morgan fingerprint density at radius 1 is 1.25 bits per heavy atom. The Labute approximate surface area is 103 Å². The molecule has 0 spiro atoms. The molecule has 1 heteroatoms. The van der Waals surface area contributed by atoms with Crippen LogP contribution in [0.15, 0.2) is 36.6 Å². The van der Waals surface area contributed by atoms with Crippen molar-refractivity contribution < 1.29 is 0 Å². The highest BCUT2D eigenvalue weighted by atomic mass is 14.8. The monoisotopic (exact) mass is 225 g/mol. The Balaban J connectivity index is -0.000000376. The van der Waals surface area contributed by atoms with Gasteiger partial charge in [-0.15, -0.1) is 0 Å². The smallest absolute Gasteiger partial charge is 0.0299 e. The van der Waals surface area contributed by atoms with E-state index in [0.29, 0.717) is 5.92 Å². The minimum Gasteiger partial charge on any atom is -0.388 e. The summed E-state index contributed by atoms with van der Waals surface area (Å²) in [5.74, 6) is 0.544. The molecule has 0 aliphatic carbocycles. The summed E-state index contributed by atoms with van der Waals surface area (Å²) >= 11 is 0. The predicted molar refractivity (Wildman–Crippen MR) is 78.6 cm³/mol. The first-order valence-electron chi connectivity index (χ1n) is 6.37. The van der Waals surface area contributed by atoms with Crippen molar-refractivity contribution >= 4 is 0 Å². The summed E-state index contributed by atoms with van der Waals surface area (Å²) in [6.45, 7) is 20.0. The molecule has 0 rings (SSSR count). The zero-order valence-corrected chi connectivity index (χ0v) is 12.4. The van der Waals surface area contributed by atoms with Gasteiger partial charge in [0.2, 0.25) is 0 Å². The maximum absolute atomic E-state index is 3.93. The highest BCUT2D eigenvalue weighted by Gasteiger charge is 2.07. The number of hydrogen-bond donors (Lipinski definition) is 1. The van der Waals surface area contributed by atoms with Crippen LogP contribution in [0.3, 0.4) is 0 Å². The average Bonchev–Trinajstić information content (AvgIpc) is 2.38. The third kappa shape index (κ3) is 9.57. The molecule has 1 unspecified atom stereocenters. The van der Waals surface area contributed by atoms with Gasteiger partial charge in [-0.25, -0.2) is 0 Å². The van der Waals surface area contributed by atoms with Crippen LogP contribution in [0, 0.1) is 5.92 Å². The fourth-order valence-electron chi connectivity index (χ4n) is 1.05. The van der Waals surface area contributed by atoms with E-state index in [0.717, 1.165) is 12.1 Å². The largest absolute Gasteiger partial charge is 0.388 e. The summed E-state index contributed by atoms with van der Waals surface area (Å²) in [5, 5.41) is 3.05. The average molecular weight is 225 g/mol. The molecule has 0 aliphatic rings. The molecule has 1 N–H and O–H groups in total. The molecule has 0 saturated carbocycles. The maximum atomic E-state index is 3.93. The molecule has 0 aromatic carbocycles. The lowest BCUT2D eigenvalue weighted by Gasteiger charge is -2.15. The topological polar surface area (TPSA) is 12.0 Å². The van der Waals surface area contributed by atoms with Crippen LogP contribution >= 0.6 is 0 Å². The first kappa shape index (κ1) is 20.4. The molecule has 0 heterocycles. The second kappa shape index (κ2) is 16.4. The lowest BCUT2D eigenvalue weighted by atomic mass is 9.96. The van der Waals surface area contributed by atoms with E-state index in [9.17, 15) is 0 Å². The minimum atomic E-state index is 0.544. The molecule has 0 radical (unpaired) electrons. The van der Waals surface area contributed by atoms with E-state index in [-0.39, 0.29) is 0 Å². The van der Waals surface area contributed by atoms with E-state index in [1.807, 2.05) is 46.9 Å². The van der Waals surface area contributed by atoms with Gasteiger partial charge in [0.1, 0.15) is 0 Å². The van der Waals surface area contributed by atoms with Crippen LogP contribution in [0.25, 0.3) is 0 Å². The van der Waals surface area contributed by atoms with Gasteiger partial charge in [-0.3, -0.25) is 0 Å². The van der Waals surface area contributed by atoms with E-state index in [2.05, 4.69) is 32.3 Å². The Kier molecular flexibility index (Phi) is 21.0. The molecule has 1 nitrogen and oxygen atoms in total. The van der Waals surface area contributed by atoms with Gasteiger partial charge >= 0.3 is 0 Å². The first-order chi connectivity index (χ1) is 7.67. The number of likely N-dealkylation sites (N-methyl/N-ethyl adjacent to an activating group) is 1. The first-order valence-corrected chi connectivity index (χ1v) is 6.37. The number of hydrogen-bond acceptors (Lipinski definition) is 1. The molecule has 0 fully saturated rings. The third-order valence-corrected chi connectivity index (χ3v) is 2.09. The van der Waals surface area contributed by atoms with Crippen molar-refractivity contribution in [2.45, 2.75) is 48.0 Å². The maximum Gasteiger partial charge on any atom is 0.0299 e. The fourth-order valence-corrected chi connectivity index (χ4v) is 1.05. The van der Waals surface area contributed by atoms with Crippen molar-refractivity contribution in [2.75, 3.05) is 7.05 Å². The van der Waals surface area contributed by atoms with Crippen LogP contribution in [-0.4, -0.2) is 7.05 Å². The van der Waals surface area contributed by atoms with E-state index in [1.54, 1.807) is 0 Å². The van der Waals surface area contributed by atoms with Crippen molar-refractivity contribution in [3.63, 3.8) is 0 Å². The Bertz CT molecular complexity index is 190. The van der Waals surface area contributed by atoms with E-state index in [1.165, 1.54) is 5.57 Å². The lowest BCUT2D eigenvalue weighted by molar-refractivity contribution is 0.652. The summed E-state index contributed by atoms with van der Waals surface area (Å²) < 4.78 is 0. The van der Waals surface area contributed by atoms with Crippen LogP contribution < -0.4 is 5.32 Å². The number of rotatable bonds is 5. The third-order valence-electron chi connectivity index (χ3n) is 2.09. The molecule has 0 amide bonds. The van der Waals surface area contributed by atoms with Gasteiger partial charge in [-0.2, -0.15) is 0 Å². The molecule has 0 bridgehead atoms. The molecule has 0 saturated heterocycles. The van der Waals surface area contributed by atoms with Gasteiger partial charge < -0.3 is 5.32 Å². The second-order valence-corrected chi connectivity index (χ2v) is 2.90.